The summed E-state index contributed by atoms with van der Waals surface area (Å²) >= 11 is 6.08. The number of aromatic nitrogens is 1. The van der Waals surface area contributed by atoms with Crippen molar-refractivity contribution in [2.75, 3.05) is 22.1 Å². The van der Waals surface area contributed by atoms with Gasteiger partial charge in [-0.25, -0.2) is 4.98 Å². The molecule has 0 aliphatic heterocycles. The summed E-state index contributed by atoms with van der Waals surface area (Å²) in [4.78, 5) is 28.5. The highest BCUT2D eigenvalue weighted by Crippen LogP contribution is 2.27. The smallest absolute Gasteiger partial charge is 0.236 e. The first-order valence-electron chi connectivity index (χ1n) is 8.45. The van der Waals surface area contributed by atoms with E-state index in [0.29, 0.717) is 5.13 Å². The maximum Gasteiger partial charge on any atom is 0.236 e. The molecule has 0 radical (unpaired) electrons. The van der Waals surface area contributed by atoms with Crippen molar-refractivity contribution in [1.29, 1.82) is 0 Å². The second-order valence-corrected chi connectivity index (χ2v) is 8.76. The van der Waals surface area contributed by atoms with Gasteiger partial charge >= 0.3 is 0 Å². The van der Waals surface area contributed by atoms with Crippen LogP contribution >= 0.6 is 39.0 Å². The SMILES string of the molecule is Cc1ccc(NC(=O)CSCC(=O)Nc2nc(-c3cccc(Br)c3)cs2)cc1. The Morgan fingerprint density at radius 1 is 1.07 bits per heavy atom. The molecule has 0 unspecified atom stereocenters. The number of aryl methyl sites for hydroxylation is 1. The quantitative estimate of drug-likeness (QED) is 0.492. The number of nitrogens with zero attached hydrogens (tertiary/aromatic N) is 1. The molecule has 0 aliphatic rings. The summed E-state index contributed by atoms with van der Waals surface area (Å²) in [6.07, 6.45) is 0. The lowest BCUT2D eigenvalue weighted by Crippen LogP contribution is -2.18. The van der Waals surface area contributed by atoms with E-state index >= 15 is 0 Å². The normalized spacial score (nSPS) is 10.5. The minimum absolute atomic E-state index is 0.132. The van der Waals surface area contributed by atoms with E-state index in [0.717, 1.165) is 27.0 Å². The molecule has 0 saturated heterocycles. The largest absolute Gasteiger partial charge is 0.325 e. The minimum atomic E-state index is -0.178. The third-order valence-electron chi connectivity index (χ3n) is 3.67. The average Bonchev–Trinajstić information content (AvgIpc) is 3.12. The monoisotopic (exact) mass is 475 g/mol. The number of benzene rings is 2. The molecule has 2 aromatic carbocycles. The van der Waals surface area contributed by atoms with Gasteiger partial charge < -0.3 is 10.6 Å². The Morgan fingerprint density at radius 2 is 1.79 bits per heavy atom. The van der Waals surface area contributed by atoms with Crippen molar-refractivity contribution in [1.82, 2.24) is 4.98 Å². The van der Waals surface area contributed by atoms with E-state index in [4.69, 9.17) is 0 Å². The van der Waals surface area contributed by atoms with Crippen molar-refractivity contribution < 1.29 is 9.59 Å². The molecule has 0 bridgehead atoms. The van der Waals surface area contributed by atoms with Gasteiger partial charge in [-0.2, -0.15) is 0 Å². The fourth-order valence-electron chi connectivity index (χ4n) is 2.34. The van der Waals surface area contributed by atoms with Crippen molar-refractivity contribution in [2.24, 2.45) is 0 Å². The van der Waals surface area contributed by atoms with E-state index in [1.165, 1.54) is 23.1 Å². The molecule has 2 N–H and O–H groups in total. The van der Waals surface area contributed by atoms with Crippen LogP contribution in [0.3, 0.4) is 0 Å². The Kier molecular flexibility index (Phi) is 7.24. The van der Waals surface area contributed by atoms with Gasteiger partial charge in [-0.3, -0.25) is 9.59 Å². The number of carbonyl (C=O) groups excluding carboxylic acids is 2. The van der Waals surface area contributed by atoms with Crippen LogP contribution in [0, 0.1) is 6.92 Å². The Hall–Kier alpha value is -2.16. The second kappa shape index (κ2) is 9.86. The molecule has 28 heavy (non-hydrogen) atoms. The summed E-state index contributed by atoms with van der Waals surface area (Å²) in [7, 11) is 0. The molecule has 8 heteroatoms. The molecule has 0 spiro atoms. The fraction of sp³-hybridized carbons (Fsp3) is 0.150. The molecule has 1 heterocycles. The third kappa shape index (κ3) is 6.19. The highest BCUT2D eigenvalue weighted by Gasteiger charge is 2.10. The Labute approximate surface area is 180 Å². The average molecular weight is 476 g/mol. The molecule has 1 aromatic heterocycles. The molecule has 3 aromatic rings. The van der Waals surface area contributed by atoms with Crippen LogP contribution in [0.2, 0.25) is 0 Å². The Bertz CT molecular complexity index is 974. The lowest BCUT2D eigenvalue weighted by Gasteiger charge is -2.05. The van der Waals surface area contributed by atoms with E-state index in [2.05, 4.69) is 31.5 Å². The number of carbonyl (C=O) groups is 2. The molecule has 0 saturated carbocycles. The van der Waals surface area contributed by atoms with E-state index < -0.39 is 0 Å². The number of rotatable bonds is 7. The number of hydrogen-bond acceptors (Lipinski definition) is 5. The van der Waals surface area contributed by atoms with Crippen molar-refractivity contribution in [3.63, 3.8) is 0 Å². The number of amides is 2. The topological polar surface area (TPSA) is 71.1 Å². The van der Waals surface area contributed by atoms with Crippen LogP contribution in [0.1, 0.15) is 5.56 Å². The van der Waals surface area contributed by atoms with Gasteiger partial charge in [0.2, 0.25) is 11.8 Å². The maximum absolute atomic E-state index is 12.1. The van der Waals surface area contributed by atoms with Crippen molar-refractivity contribution in [3.05, 3.63) is 63.9 Å². The van der Waals surface area contributed by atoms with Crippen LogP contribution in [0.5, 0.6) is 0 Å². The first kappa shape index (κ1) is 20.6. The van der Waals surface area contributed by atoms with E-state index in [1.807, 2.05) is 60.8 Å². The lowest BCUT2D eigenvalue weighted by molar-refractivity contribution is -0.114. The first-order valence-corrected chi connectivity index (χ1v) is 11.3. The number of nitrogens with one attached hydrogen (secondary N) is 2. The summed E-state index contributed by atoms with van der Waals surface area (Å²) < 4.78 is 0.976. The predicted molar refractivity (Wildman–Crippen MR) is 121 cm³/mol. The number of anilines is 2. The van der Waals surface area contributed by atoms with Crippen LogP contribution in [-0.4, -0.2) is 28.3 Å². The summed E-state index contributed by atoms with van der Waals surface area (Å²) in [5.41, 5.74) is 3.68. The number of halogens is 1. The van der Waals surface area contributed by atoms with Crippen molar-refractivity contribution in [2.45, 2.75) is 6.92 Å². The summed E-state index contributed by atoms with van der Waals surface area (Å²) in [6, 6.07) is 15.4. The zero-order valence-electron chi connectivity index (χ0n) is 15.1. The van der Waals surface area contributed by atoms with Gasteiger partial charge in [-0.15, -0.1) is 23.1 Å². The van der Waals surface area contributed by atoms with Gasteiger partial charge in [0.1, 0.15) is 0 Å². The molecule has 2 amide bonds. The van der Waals surface area contributed by atoms with Gasteiger partial charge in [-0.05, 0) is 31.2 Å². The Balaban J connectivity index is 1.43. The summed E-state index contributed by atoms with van der Waals surface area (Å²) in [6.45, 7) is 1.99. The zero-order chi connectivity index (χ0) is 19.9. The first-order chi connectivity index (χ1) is 13.5. The molecule has 144 valence electrons. The van der Waals surface area contributed by atoms with E-state index in [9.17, 15) is 9.59 Å². The van der Waals surface area contributed by atoms with Crippen LogP contribution < -0.4 is 10.6 Å². The summed E-state index contributed by atoms with van der Waals surface area (Å²) in [5, 5.41) is 8.04. The second-order valence-electron chi connectivity index (χ2n) is 6.00. The molecule has 0 fully saturated rings. The molecule has 5 nitrogen and oxygen atoms in total. The molecule has 0 aliphatic carbocycles. The van der Waals surface area contributed by atoms with Gasteiger partial charge in [0.05, 0.1) is 17.2 Å². The van der Waals surface area contributed by atoms with Crippen molar-refractivity contribution in [3.8, 4) is 11.3 Å². The molecule has 3 rings (SSSR count). The lowest BCUT2D eigenvalue weighted by atomic mass is 10.2. The number of thiazole rings is 1. The molecular weight excluding hydrogens is 458 g/mol. The van der Waals surface area contributed by atoms with Gasteiger partial charge in [0.15, 0.2) is 5.13 Å². The Morgan fingerprint density at radius 3 is 2.50 bits per heavy atom. The summed E-state index contributed by atoms with van der Waals surface area (Å²) in [5.74, 6) is 0.0892. The van der Waals surface area contributed by atoms with Crippen molar-refractivity contribution >= 4 is 61.7 Å². The predicted octanol–water partition coefficient (Wildman–Crippen LogP) is 5.19. The van der Waals surface area contributed by atoms with Gasteiger partial charge in [-0.1, -0.05) is 45.8 Å². The zero-order valence-corrected chi connectivity index (χ0v) is 18.3. The van der Waals surface area contributed by atoms with Crippen LogP contribution in [0.25, 0.3) is 11.3 Å². The van der Waals surface area contributed by atoms with E-state index in [-0.39, 0.29) is 23.3 Å². The minimum Gasteiger partial charge on any atom is -0.325 e. The highest BCUT2D eigenvalue weighted by atomic mass is 79.9. The molecular formula is C20H18BrN3O2S2. The van der Waals surface area contributed by atoms with Crippen LogP contribution in [0.4, 0.5) is 10.8 Å². The fourth-order valence-corrected chi connectivity index (χ4v) is 4.09. The van der Waals surface area contributed by atoms with E-state index in [1.54, 1.807) is 0 Å². The number of hydrogen-bond donors (Lipinski definition) is 2. The van der Waals surface area contributed by atoms with Crippen LogP contribution in [0.15, 0.2) is 58.4 Å². The van der Waals surface area contributed by atoms with Gasteiger partial charge in [0, 0.05) is 21.1 Å². The maximum atomic E-state index is 12.1. The standard InChI is InChI=1S/C20H18BrN3O2S2/c1-13-5-7-16(8-6-13)22-18(25)11-27-12-19(26)24-20-23-17(10-28-20)14-3-2-4-15(21)9-14/h2-10H,11-12H2,1H3,(H,22,25)(H,23,24,26). The third-order valence-corrected chi connectivity index (χ3v) is 5.86. The highest BCUT2D eigenvalue weighted by molar-refractivity contribution is 9.10. The molecule has 0 atom stereocenters. The van der Waals surface area contributed by atoms with Crippen LogP contribution in [-0.2, 0) is 9.59 Å². The number of thioether (sulfide) groups is 1. The van der Waals surface area contributed by atoms with Gasteiger partial charge in [0.25, 0.3) is 0 Å².